The van der Waals surface area contributed by atoms with Crippen molar-refractivity contribution in [2.24, 2.45) is 0 Å². The number of imide groups is 1. The van der Waals surface area contributed by atoms with Crippen LogP contribution >= 0.6 is 0 Å². The maximum absolute atomic E-state index is 14.2. The van der Waals surface area contributed by atoms with Crippen LogP contribution in [0.4, 0.5) is 4.79 Å². The van der Waals surface area contributed by atoms with Crippen LogP contribution in [0, 0.1) is 0 Å². The number of benzene rings is 2. The third-order valence-corrected chi connectivity index (χ3v) is 5.86. The molecule has 222 valence electrons. The molecule has 0 aliphatic heterocycles. The molecule has 4 amide bonds. The van der Waals surface area contributed by atoms with Gasteiger partial charge in [0, 0.05) is 12.8 Å². The van der Waals surface area contributed by atoms with E-state index in [1.165, 1.54) is 13.8 Å². The number of aliphatic hydroxyl groups is 1. The summed E-state index contributed by atoms with van der Waals surface area (Å²) in [7, 11) is 0. The summed E-state index contributed by atoms with van der Waals surface area (Å²) in [4.78, 5) is 66.2. The van der Waals surface area contributed by atoms with Crippen molar-refractivity contribution in [1.29, 1.82) is 0 Å². The third-order valence-electron chi connectivity index (χ3n) is 5.86. The molecule has 0 saturated heterocycles. The molecule has 4 N–H and O–H groups in total. The number of nitrogens with one attached hydrogen (secondary N) is 2. The molecule has 4 atom stereocenters. The second kappa shape index (κ2) is 14.9. The average Bonchev–Trinajstić information content (AvgIpc) is 2.87. The van der Waals surface area contributed by atoms with Gasteiger partial charge >= 0.3 is 12.1 Å². The highest BCUT2D eigenvalue weighted by Gasteiger charge is 2.40. The second-order valence-corrected chi connectivity index (χ2v) is 10.8. The molecule has 0 radical (unpaired) electrons. The fraction of sp³-hybridized carbons (Fsp3) is 0.433. The van der Waals surface area contributed by atoms with E-state index in [0.717, 1.165) is 0 Å². The average molecular weight is 570 g/mol. The summed E-state index contributed by atoms with van der Waals surface area (Å²) in [6.07, 6.45) is -2.73. The second-order valence-electron chi connectivity index (χ2n) is 10.8. The van der Waals surface area contributed by atoms with E-state index in [1.54, 1.807) is 81.4 Å². The van der Waals surface area contributed by atoms with E-state index in [9.17, 15) is 34.2 Å². The summed E-state index contributed by atoms with van der Waals surface area (Å²) < 4.78 is 5.35. The van der Waals surface area contributed by atoms with Gasteiger partial charge in [-0.05, 0) is 45.7 Å². The van der Waals surface area contributed by atoms with Crippen molar-refractivity contribution in [2.45, 2.75) is 83.7 Å². The predicted molar refractivity (Wildman–Crippen MR) is 151 cm³/mol. The molecule has 11 nitrogen and oxygen atoms in total. The normalized spacial score (nSPS) is 14.1. The predicted octanol–water partition coefficient (Wildman–Crippen LogP) is 2.45. The SMILES string of the molecule is C[C@@H](O)CC(=O)N(C(=O)[C@@H](Cc1ccccc1)NC(=O)OC(C)(C)C)[C@H](Cc1ccccc1)C(=O)N[C@H](C)C(=O)O. The lowest BCUT2D eigenvalue weighted by molar-refractivity contribution is -0.154. The fourth-order valence-corrected chi connectivity index (χ4v) is 3.98. The van der Waals surface area contributed by atoms with Gasteiger partial charge in [0.05, 0.1) is 12.5 Å². The van der Waals surface area contributed by atoms with Crippen molar-refractivity contribution in [2.75, 3.05) is 0 Å². The molecule has 2 aromatic carbocycles. The van der Waals surface area contributed by atoms with Gasteiger partial charge in [0.25, 0.3) is 5.91 Å². The summed E-state index contributed by atoms with van der Waals surface area (Å²) in [5, 5.41) is 24.2. The lowest BCUT2D eigenvalue weighted by atomic mass is 9.99. The first-order chi connectivity index (χ1) is 19.2. The highest BCUT2D eigenvalue weighted by molar-refractivity contribution is 6.03. The van der Waals surface area contributed by atoms with E-state index in [1.807, 2.05) is 0 Å². The zero-order valence-corrected chi connectivity index (χ0v) is 24.0. The summed E-state index contributed by atoms with van der Waals surface area (Å²) in [5.41, 5.74) is 0.376. The van der Waals surface area contributed by atoms with Crippen molar-refractivity contribution in [3.63, 3.8) is 0 Å². The monoisotopic (exact) mass is 569 g/mol. The Balaban J connectivity index is 2.60. The molecule has 0 heterocycles. The fourth-order valence-electron chi connectivity index (χ4n) is 3.98. The van der Waals surface area contributed by atoms with E-state index in [0.29, 0.717) is 16.0 Å². The van der Waals surface area contributed by atoms with Crippen LogP contribution in [-0.4, -0.2) is 74.7 Å². The molecule has 2 rings (SSSR count). The number of carbonyl (C=O) groups excluding carboxylic acids is 4. The minimum absolute atomic E-state index is 0.0391. The van der Waals surface area contributed by atoms with Gasteiger partial charge in [-0.25, -0.2) is 4.79 Å². The Kier molecular flexibility index (Phi) is 12.0. The lowest BCUT2D eigenvalue weighted by Gasteiger charge is -2.33. The van der Waals surface area contributed by atoms with E-state index in [-0.39, 0.29) is 12.8 Å². The maximum atomic E-state index is 14.2. The molecule has 11 heteroatoms. The number of alkyl carbamates (subject to hydrolysis) is 1. The van der Waals surface area contributed by atoms with Crippen molar-refractivity contribution in [1.82, 2.24) is 15.5 Å². The first-order valence-corrected chi connectivity index (χ1v) is 13.3. The summed E-state index contributed by atoms with van der Waals surface area (Å²) in [5.74, 6) is -3.97. The Morgan fingerprint density at radius 3 is 1.83 bits per heavy atom. The number of ether oxygens (including phenoxy) is 1. The number of aliphatic carboxylic acids is 1. The Bertz CT molecular complexity index is 1200. The highest BCUT2D eigenvalue weighted by atomic mass is 16.6. The Labute approximate surface area is 239 Å². The van der Waals surface area contributed by atoms with Gasteiger partial charge in [-0.2, -0.15) is 0 Å². The molecule has 0 spiro atoms. The topological polar surface area (TPSA) is 162 Å². The Morgan fingerprint density at radius 2 is 1.37 bits per heavy atom. The molecule has 0 saturated carbocycles. The van der Waals surface area contributed by atoms with Crippen molar-refractivity contribution in [3.05, 3.63) is 71.8 Å². The van der Waals surface area contributed by atoms with Crippen LogP contribution in [0.25, 0.3) is 0 Å². The van der Waals surface area contributed by atoms with Crippen LogP contribution < -0.4 is 10.6 Å². The molecule has 0 unspecified atom stereocenters. The maximum Gasteiger partial charge on any atom is 0.408 e. The molecule has 0 bridgehead atoms. The zero-order valence-electron chi connectivity index (χ0n) is 24.0. The van der Waals surface area contributed by atoms with Crippen LogP contribution in [0.1, 0.15) is 52.2 Å². The zero-order chi connectivity index (χ0) is 30.7. The van der Waals surface area contributed by atoms with Gasteiger partial charge in [-0.15, -0.1) is 0 Å². The number of carbonyl (C=O) groups is 5. The number of rotatable bonds is 12. The number of amides is 4. The number of hydrogen-bond acceptors (Lipinski definition) is 7. The van der Waals surface area contributed by atoms with Crippen LogP contribution in [0.5, 0.6) is 0 Å². The van der Waals surface area contributed by atoms with Crippen LogP contribution in [0.15, 0.2) is 60.7 Å². The molecule has 0 fully saturated rings. The van der Waals surface area contributed by atoms with E-state index in [2.05, 4.69) is 10.6 Å². The van der Waals surface area contributed by atoms with Gasteiger partial charge in [0.15, 0.2) is 0 Å². The third kappa shape index (κ3) is 11.0. The van der Waals surface area contributed by atoms with E-state index >= 15 is 0 Å². The molecule has 0 aliphatic carbocycles. The molecular weight excluding hydrogens is 530 g/mol. The number of hydrogen-bond donors (Lipinski definition) is 4. The molecule has 0 aromatic heterocycles. The van der Waals surface area contributed by atoms with Crippen molar-refractivity contribution >= 4 is 29.8 Å². The summed E-state index contributed by atoms with van der Waals surface area (Å²) in [6.45, 7) is 7.58. The minimum Gasteiger partial charge on any atom is -0.480 e. The molecule has 0 aliphatic rings. The van der Waals surface area contributed by atoms with Crippen LogP contribution in [-0.2, 0) is 36.8 Å². The number of carboxylic acids is 1. The summed E-state index contributed by atoms with van der Waals surface area (Å²) in [6, 6.07) is 13.2. The van der Waals surface area contributed by atoms with Crippen LogP contribution in [0.2, 0.25) is 0 Å². The molecule has 41 heavy (non-hydrogen) atoms. The summed E-state index contributed by atoms with van der Waals surface area (Å²) >= 11 is 0. The molecule has 2 aromatic rings. The van der Waals surface area contributed by atoms with Gasteiger partial charge in [-0.3, -0.25) is 24.1 Å². The van der Waals surface area contributed by atoms with Gasteiger partial charge in [-0.1, -0.05) is 60.7 Å². The van der Waals surface area contributed by atoms with E-state index < -0.39 is 66.0 Å². The van der Waals surface area contributed by atoms with Crippen molar-refractivity contribution in [3.8, 4) is 0 Å². The Morgan fingerprint density at radius 1 is 0.854 bits per heavy atom. The lowest BCUT2D eigenvalue weighted by Crippen LogP contribution is -2.60. The van der Waals surface area contributed by atoms with E-state index in [4.69, 9.17) is 4.74 Å². The quantitative estimate of drug-likeness (QED) is 0.303. The smallest absolute Gasteiger partial charge is 0.408 e. The van der Waals surface area contributed by atoms with Gasteiger partial charge < -0.3 is 25.6 Å². The Hall–Kier alpha value is -4.25. The minimum atomic E-state index is -1.49. The number of aliphatic hydroxyl groups excluding tert-OH is 1. The van der Waals surface area contributed by atoms with Gasteiger partial charge in [0.1, 0.15) is 23.7 Å². The standard InChI is InChI=1S/C30H39N3O8/c1-19(34)16-25(35)33(24(18-22-14-10-7-11-15-22)26(36)31-20(2)28(38)39)27(37)23(17-21-12-8-6-9-13-21)32-29(40)41-30(3,4)5/h6-15,19-20,23-24,34H,16-18H2,1-5H3,(H,31,36)(H,32,40)(H,38,39)/t19-,20-,23-,24-/m1/s1. The first-order valence-electron chi connectivity index (χ1n) is 13.3. The van der Waals surface area contributed by atoms with Crippen LogP contribution in [0.3, 0.4) is 0 Å². The highest BCUT2D eigenvalue weighted by Crippen LogP contribution is 2.17. The number of carboxylic acid groups (broad SMARTS) is 1. The van der Waals surface area contributed by atoms with Crippen molar-refractivity contribution < 1.29 is 38.9 Å². The molecular formula is C30H39N3O8. The first kappa shape index (κ1) is 33.0. The number of nitrogens with zero attached hydrogens (tertiary/aromatic N) is 1. The van der Waals surface area contributed by atoms with Gasteiger partial charge in [0.2, 0.25) is 11.8 Å². The largest absolute Gasteiger partial charge is 0.480 e.